The maximum absolute atomic E-state index is 9.24. The van der Waals surface area contributed by atoms with Crippen molar-refractivity contribution < 1.29 is 4.79 Å². The molecular formula is C2H2Cl2O. The molecule has 5 heavy (non-hydrogen) atoms. The predicted molar refractivity (Wildman–Crippen MR) is 21.6 cm³/mol. The number of hydrogen-bond acceptors (Lipinski definition) is 1. The average molecular weight is 113 g/mol. The van der Waals surface area contributed by atoms with Crippen LogP contribution in [0.25, 0.3) is 0 Å². The van der Waals surface area contributed by atoms with E-state index in [1.54, 1.807) is 0 Å². The number of rotatable bonds is 1. The zero-order valence-corrected chi connectivity index (χ0v) is 3.83. The molecule has 0 fully saturated rings. The van der Waals surface area contributed by atoms with Gasteiger partial charge in [-0.1, -0.05) is 23.2 Å². The first-order valence-corrected chi connectivity index (χ1v) is 1.88. The van der Waals surface area contributed by atoms with Crippen LogP contribution in [0.2, 0.25) is 0 Å². The fraction of sp³-hybridized carbons (Fsp3) is 0.500. The van der Waals surface area contributed by atoms with Crippen molar-refractivity contribution in [3.05, 3.63) is 0 Å². The number of aldehydes is 1. The van der Waals surface area contributed by atoms with E-state index in [1.165, 1.54) is 0 Å². The van der Waals surface area contributed by atoms with Crippen LogP contribution in [0.15, 0.2) is 0 Å². The Kier molecular flexibility index (Phi) is 2.61. The van der Waals surface area contributed by atoms with Gasteiger partial charge >= 0.3 is 0 Å². The molecule has 3 heteroatoms. The van der Waals surface area contributed by atoms with E-state index in [1.807, 2.05) is 0 Å². The highest BCUT2D eigenvalue weighted by atomic mass is 35.5. The molecule has 0 unspecified atom stereocenters. The molecule has 0 heterocycles. The predicted octanol–water partition coefficient (Wildman–Crippen LogP) is 0.989. The molecule has 0 amide bonds. The summed E-state index contributed by atoms with van der Waals surface area (Å²) in [7, 11) is 0. The van der Waals surface area contributed by atoms with Crippen molar-refractivity contribution in [2.75, 3.05) is 0 Å². The van der Waals surface area contributed by atoms with Gasteiger partial charge in [0.05, 0.1) is 0 Å². The molecule has 30 valence electrons. The summed E-state index contributed by atoms with van der Waals surface area (Å²) >= 11 is 9.72. The van der Waals surface area contributed by atoms with E-state index in [0.29, 0.717) is 6.29 Å². The maximum atomic E-state index is 9.24. The second kappa shape index (κ2) is 2.49. The molecule has 0 rings (SSSR count). The summed E-state index contributed by atoms with van der Waals surface area (Å²) in [6, 6.07) is 0. The van der Waals surface area contributed by atoms with E-state index in [9.17, 15) is 4.79 Å². The summed E-state index contributed by atoms with van der Waals surface area (Å²) in [5.74, 6) is 0. The third kappa shape index (κ3) is 4.25. The summed E-state index contributed by atoms with van der Waals surface area (Å²) in [5, 5.41) is 0. The van der Waals surface area contributed by atoms with Gasteiger partial charge in [0.15, 0.2) is 11.1 Å². The fourth-order valence-electron chi connectivity index (χ4n) is 0. The van der Waals surface area contributed by atoms with E-state index in [0.717, 1.165) is 0 Å². The van der Waals surface area contributed by atoms with Gasteiger partial charge in [0.25, 0.3) is 0 Å². The number of carbonyl (C=O) groups excluding carboxylic acids is 1. The first-order valence-electron chi connectivity index (χ1n) is 1.01. The molecule has 0 N–H and O–H groups in total. The van der Waals surface area contributed by atoms with Crippen LogP contribution < -0.4 is 0 Å². The first kappa shape index (κ1) is 5.25. The van der Waals surface area contributed by atoms with Gasteiger partial charge in [-0.05, 0) is 0 Å². The highest BCUT2D eigenvalue weighted by Crippen LogP contribution is 1.93. The smallest absolute Gasteiger partial charge is 0.162 e. The Morgan fingerprint density at radius 2 is 1.80 bits per heavy atom. The van der Waals surface area contributed by atoms with Gasteiger partial charge in [-0.2, -0.15) is 0 Å². The molecule has 0 aromatic rings. The lowest BCUT2D eigenvalue weighted by Crippen LogP contribution is -1.81. The van der Waals surface area contributed by atoms with Gasteiger partial charge in [0, 0.05) is 0 Å². The molecule has 0 spiro atoms. The largest absolute Gasteiger partial charge is 0.300 e. The molecule has 0 atom stereocenters. The Labute approximate surface area is 39.9 Å². The standard InChI is InChI=1S/C2H2Cl2O/c3-2(4)1-5/h1-2H. The Balaban J connectivity index is 2.83. The minimum atomic E-state index is -0.852. The molecule has 0 aromatic carbocycles. The number of halogens is 2. The van der Waals surface area contributed by atoms with E-state index >= 15 is 0 Å². The molecule has 0 radical (unpaired) electrons. The first-order chi connectivity index (χ1) is 2.27. The Morgan fingerprint density at radius 3 is 1.80 bits per heavy atom. The van der Waals surface area contributed by atoms with Gasteiger partial charge in [0.2, 0.25) is 0 Å². The van der Waals surface area contributed by atoms with Gasteiger partial charge < -0.3 is 4.79 Å². The molecule has 0 saturated carbocycles. The van der Waals surface area contributed by atoms with E-state index in [4.69, 9.17) is 23.2 Å². The highest BCUT2D eigenvalue weighted by molar-refractivity contribution is 6.51. The quantitative estimate of drug-likeness (QED) is 0.366. The Bertz CT molecular complexity index is 34.6. The van der Waals surface area contributed by atoms with Crippen LogP contribution in [0.4, 0.5) is 0 Å². The third-order valence-electron chi connectivity index (χ3n) is 0.103. The van der Waals surface area contributed by atoms with Crippen LogP contribution in [0, 0.1) is 0 Å². The van der Waals surface area contributed by atoms with E-state index in [-0.39, 0.29) is 0 Å². The van der Waals surface area contributed by atoms with Crippen molar-refractivity contribution in [1.82, 2.24) is 0 Å². The van der Waals surface area contributed by atoms with Crippen molar-refractivity contribution in [3.8, 4) is 0 Å². The summed E-state index contributed by atoms with van der Waals surface area (Å²) in [6.07, 6.45) is 0.448. The molecule has 1 nitrogen and oxygen atoms in total. The van der Waals surface area contributed by atoms with Crippen molar-refractivity contribution in [2.24, 2.45) is 0 Å². The second-order valence-corrected chi connectivity index (χ2v) is 1.63. The van der Waals surface area contributed by atoms with Gasteiger partial charge in [-0.15, -0.1) is 0 Å². The van der Waals surface area contributed by atoms with Crippen LogP contribution in [0.5, 0.6) is 0 Å². The minimum absolute atomic E-state index is 0.448. The van der Waals surface area contributed by atoms with Crippen molar-refractivity contribution in [3.63, 3.8) is 0 Å². The summed E-state index contributed by atoms with van der Waals surface area (Å²) in [6.45, 7) is 0. The average Bonchev–Trinajstić information content (AvgIpc) is 1.38. The zero-order chi connectivity index (χ0) is 4.28. The number of alkyl halides is 2. The molecular weight excluding hydrogens is 111 g/mol. The van der Waals surface area contributed by atoms with Crippen LogP contribution in [-0.4, -0.2) is 11.1 Å². The minimum Gasteiger partial charge on any atom is -0.300 e. The molecule has 0 aliphatic carbocycles. The van der Waals surface area contributed by atoms with Gasteiger partial charge in [-0.25, -0.2) is 0 Å². The summed E-state index contributed by atoms with van der Waals surface area (Å²) < 4.78 is 0. The Morgan fingerprint density at radius 1 is 1.60 bits per heavy atom. The molecule has 0 aliphatic heterocycles. The topological polar surface area (TPSA) is 17.1 Å². The van der Waals surface area contributed by atoms with Crippen LogP contribution in [-0.2, 0) is 4.79 Å². The zero-order valence-electron chi connectivity index (χ0n) is 2.32. The normalized spacial score (nSPS) is 8.60. The van der Waals surface area contributed by atoms with E-state index in [2.05, 4.69) is 0 Å². The SMILES string of the molecule is O=CC(Cl)Cl. The van der Waals surface area contributed by atoms with Gasteiger partial charge in [0.1, 0.15) is 0 Å². The van der Waals surface area contributed by atoms with Crippen LogP contribution in [0.3, 0.4) is 0 Å². The number of hydrogen-bond donors (Lipinski definition) is 0. The monoisotopic (exact) mass is 112 g/mol. The lowest BCUT2D eigenvalue weighted by Gasteiger charge is -1.72. The highest BCUT2D eigenvalue weighted by Gasteiger charge is 1.86. The van der Waals surface area contributed by atoms with E-state index < -0.39 is 4.84 Å². The lowest BCUT2D eigenvalue weighted by atomic mass is 10.9. The molecule has 0 aromatic heterocycles. The molecule has 0 saturated heterocycles. The molecule has 0 aliphatic rings. The molecule has 0 bridgehead atoms. The summed E-state index contributed by atoms with van der Waals surface area (Å²) in [4.78, 5) is 8.39. The summed E-state index contributed by atoms with van der Waals surface area (Å²) in [5.41, 5.74) is 0. The van der Waals surface area contributed by atoms with Crippen molar-refractivity contribution >= 4 is 29.5 Å². The van der Waals surface area contributed by atoms with Crippen LogP contribution >= 0.6 is 23.2 Å². The van der Waals surface area contributed by atoms with Crippen molar-refractivity contribution in [2.45, 2.75) is 4.84 Å². The third-order valence-corrected chi connectivity index (χ3v) is 0.309. The second-order valence-electron chi connectivity index (χ2n) is 0.471. The maximum Gasteiger partial charge on any atom is 0.162 e. The fourth-order valence-corrected chi connectivity index (χ4v) is 0. The van der Waals surface area contributed by atoms with Crippen molar-refractivity contribution in [1.29, 1.82) is 0 Å². The lowest BCUT2D eigenvalue weighted by molar-refractivity contribution is -0.106. The van der Waals surface area contributed by atoms with Gasteiger partial charge in [-0.3, -0.25) is 0 Å². The Hall–Kier alpha value is 0.250. The van der Waals surface area contributed by atoms with Crippen LogP contribution in [0.1, 0.15) is 0 Å². The number of carbonyl (C=O) groups is 1.